The first-order valence-electron chi connectivity index (χ1n) is 6.04. The van der Waals surface area contributed by atoms with E-state index in [1.807, 2.05) is 0 Å². The molecule has 0 aliphatic rings. The molecule has 1 heterocycles. The Balaban J connectivity index is 2.09. The summed E-state index contributed by atoms with van der Waals surface area (Å²) < 4.78 is 18.1. The first-order chi connectivity index (χ1) is 10.0. The summed E-state index contributed by atoms with van der Waals surface area (Å²) in [5.74, 6) is -2.19. The average molecular weight is 292 g/mol. The average Bonchev–Trinajstić information content (AvgIpc) is 2.94. The number of anilines is 1. The Labute approximate surface area is 119 Å². The van der Waals surface area contributed by atoms with E-state index in [1.165, 1.54) is 19.2 Å². The second-order valence-electron chi connectivity index (χ2n) is 4.24. The van der Waals surface area contributed by atoms with Crippen LogP contribution in [0.25, 0.3) is 0 Å². The van der Waals surface area contributed by atoms with Crippen molar-refractivity contribution in [2.45, 2.75) is 6.54 Å². The summed E-state index contributed by atoms with van der Waals surface area (Å²) in [6, 6.07) is 6.68. The Morgan fingerprint density at radius 1 is 1.33 bits per heavy atom. The van der Waals surface area contributed by atoms with Crippen molar-refractivity contribution < 1.29 is 23.8 Å². The second kappa shape index (κ2) is 6.08. The van der Waals surface area contributed by atoms with E-state index in [1.54, 1.807) is 12.1 Å². The predicted molar refractivity (Wildman–Crippen MR) is 72.8 cm³/mol. The third-order valence-corrected chi connectivity index (χ3v) is 2.83. The Morgan fingerprint density at radius 3 is 2.76 bits per heavy atom. The van der Waals surface area contributed by atoms with Gasteiger partial charge < -0.3 is 20.1 Å². The van der Waals surface area contributed by atoms with Crippen LogP contribution in [0.15, 0.2) is 30.3 Å². The Morgan fingerprint density at radius 2 is 2.10 bits per heavy atom. The van der Waals surface area contributed by atoms with Gasteiger partial charge in [0.25, 0.3) is 0 Å². The van der Waals surface area contributed by atoms with E-state index in [-0.39, 0.29) is 23.5 Å². The van der Waals surface area contributed by atoms with E-state index < -0.39 is 17.8 Å². The van der Waals surface area contributed by atoms with Crippen molar-refractivity contribution in [3.63, 3.8) is 0 Å². The summed E-state index contributed by atoms with van der Waals surface area (Å²) in [6.07, 6.45) is 0. The van der Waals surface area contributed by atoms with Crippen molar-refractivity contribution in [2.24, 2.45) is 0 Å². The zero-order valence-corrected chi connectivity index (χ0v) is 11.1. The minimum atomic E-state index is -1.13. The fourth-order valence-corrected chi connectivity index (χ4v) is 1.76. The molecule has 2 aromatic rings. The standard InChI is InChI=1S/C14H13FN2O4/c1-21-14(20)11-5-3-9(17-11)7-16-12-6-8(13(18)19)2-4-10(12)15/h2-6,16-17H,7H2,1H3,(H,18,19). The molecule has 6 nitrogen and oxygen atoms in total. The number of H-pyrrole nitrogens is 1. The number of halogens is 1. The Kier molecular flexibility index (Phi) is 4.22. The van der Waals surface area contributed by atoms with E-state index in [9.17, 15) is 14.0 Å². The normalized spacial score (nSPS) is 10.2. The number of ether oxygens (including phenoxy) is 1. The number of hydrogen-bond acceptors (Lipinski definition) is 4. The van der Waals surface area contributed by atoms with Crippen LogP contribution < -0.4 is 5.32 Å². The summed E-state index contributed by atoms with van der Waals surface area (Å²) in [6.45, 7) is 0.205. The van der Waals surface area contributed by atoms with Crippen molar-refractivity contribution in [1.82, 2.24) is 4.98 Å². The van der Waals surface area contributed by atoms with Gasteiger partial charge in [0.05, 0.1) is 24.9 Å². The van der Waals surface area contributed by atoms with Gasteiger partial charge >= 0.3 is 11.9 Å². The number of carboxylic acid groups (broad SMARTS) is 1. The summed E-state index contributed by atoms with van der Waals surface area (Å²) in [5, 5.41) is 11.6. The van der Waals surface area contributed by atoms with Crippen LogP contribution in [0.3, 0.4) is 0 Å². The highest BCUT2D eigenvalue weighted by Crippen LogP contribution is 2.17. The van der Waals surface area contributed by atoms with Crippen molar-refractivity contribution in [3.8, 4) is 0 Å². The molecule has 0 aliphatic carbocycles. The monoisotopic (exact) mass is 292 g/mol. The SMILES string of the molecule is COC(=O)c1ccc(CNc2cc(C(=O)O)ccc2F)[nH]1. The molecule has 0 unspecified atom stereocenters. The van der Waals surface area contributed by atoms with Gasteiger partial charge in [-0.1, -0.05) is 0 Å². The van der Waals surface area contributed by atoms with Gasteiger partial charge in [0.2, 0.25) is 0 Å². The Bertz CT molecular complexity index is 681. The van der Waals surface area contributed by atoms with Crippen molar-refractivity contribution in [2.75, 3.05) is 12.4 Å². The molecule has 0 spiro atoms. The summed E-state index contributed by atoms with van der Waals surface area (Å²) in [4.78, 5) is 24.9. The van der Waals surface area contributed by atoms with E-state index >= 15 is 0 Å². The molecule has 1 aromatic carbocycles. The largest absolute Gasteiger partial charge is 0.478 e. The molecule has 0 aliphatic heterocycles. The zero-order chi connectivity index (χ0) is 15.4. The van der Waals surface area contributed by atoms with Gasteiger partial charge in [-0.25, -0.2) is 14.0 Å². The van der Waals surface area contributed by atoms with Crippen LogP contribution >= 0.6 is 0 Å². The quantitative estimate of drug-likeness (QED) is 0.735. The van der Waals surface area contributed by atoms with Crippen LogP contribution in [0.4, 0.5) is 10.1 Å². The van der Waals surface area contributed by atoms with Gasteiger partial charge in [0, 0.05) is 5.69 Å². The third-order valence-electron chi connectivity index (χ3n) is 2.83. The molecule has 2 rings (SSSR count). The molecule has 0 saturated carbocycles. The predicted octanol–water partition coefficient (Wildman–Crippen LogP) is 2.25. The highest BCUT2D eigenvalue weighted by atomic mass is 19.1. The highest BCUT2D eigenvalue weighted by molar-refractivity contribution is 5.89. The van der Waals surface area contributed by atoms with Crippen molar-refractivity contribution >= 4 is 17.6 Å². The number of esters is 1. The lowest BCUT2D eigenvalue weighted by Gasteiger charge is -2.07. The summed E-state index contributed by atoms with van der Waals surface area (Å²) >= 11 is 0. The van der Waals surface area contributed by atoms with E-state index in [4.69, 9.17) is 5.11 Å². The maximum Gasteiger partial charge on any atom is 0.354 e. The fourth-order valence-electron chi connectivity index (χ4n) is 1.76. The smallest absolute Gasteiger partial charge is 0.354 e. The molecule has 21 heavy (non-hydrogen) atoms. The first kappa shape index (κ1) is 14.6. The lowest BCUT2D eigenvalue weighted by atomic mass is 10.2. The number of nitrogens with one attached hydrogen (secondary N) is 2. The lowest BCUT2D eigenvalue weighted by molar-refractivity contribution is 0.0593. The molecular weight excluding hydrogens is 279 g/mol. The van der Waals surface area contributed by atoms with Crippen molar-refractivity contribution in [1.29, 1.82) is 0 Å². The first-order valence-corrected chi connectivity index (χ1v) is 6.04. The zero-order valence-electron chi connectivity index (χ0n) is 11.1. The van der Waals surface area contributed by atoms with Gasteiger partial charge in [-0.15, -0.1) is 0 Å². The number of carboxylic acids is 1. The Hall–Kier alpha value is -2.83. The second-order valence-corrected chi connectivity index (χ2v) is 4.24. The minimum Gasteiger partial charge on any atom is -0.478 e. The molecule has 0 fully saturated rings. The summed E-state index contributed by atoms with van der Waals surface area (Å²) in [5.41, 5.74) is 0.981. The topological polar surface area (TPSA) is 91.4 Å². The minimum absolute atomic E-state index is 0.0133. The van der Waals surface area contributed by atoms with Gasteiger partial charge in [-0.2, -0.15) is 0 Å². The molecule has 3 N–H and O–H groups in total. The van der Waals surface area contributed by atoms with E-state index in [0.717, 1.165) is 6.07 Å². The molecular formula is C14H13FN2O4. The third kappa shape index (κ3) is 3.38. The van der Waals surface area contributed by atoms with Gasteiger partial charge in [-0.3, -0.25) is 0 Å². The van der Waals surface area contributed by atoms with Gasteiger partial charge in [0.15, 0.2) is 0 Å². The van der Waals surface area contributed by atoms with E-state index in [2.05, 4.69) is 15.0 Å². The van der Waals surface area contributed by atoms with Gasteiger partial charge in [-0.05, 0) is 30.3 Å². The maximum atomic E-state index is 13.6. The molecule has 0 bridgehead atoms. The molecule has 0 amide bonds. The maximum absolute atomic E-state index is 13.6. The lowest BCUT2D eigenvalue weighted by Crippen LogP contribution is -2.06. The number of hydrogen-bond donors (Lipinski definition) is 3. The molecule has 1 aromatic heterocycles. The fraction of sp³-hybridized carbons (Fsp3) is 0.143. The van der Waals surface area contributed by atoms with Crippen LogP contribution in [0.1, 0.15) is 26.5 Å². The number of aromatic amines is 1. The molecule has 0 saturated heterocycles. The van der Waals surface area contributed by atoms with Crippen LogP contribution in [0.5, 0.6) is 0 Å². The van der Waals surface area contributed by atoms with Crippen LogP contribution in [0.2, 0.25) is 0 Å². The molecule has 0 radical (unpaired) electrons. The number of methoxy groups -OCH3 is 1. The molecule has 7 heteroatoms. The summed E-state index contributed by atoms with van der Waals surface area (Å²) in [7, 11) is 1.27. The molecule has 0 atom stereocenters. The van der Waals surface area contributed by atoms with Gasteiger partial charge in [0.1, 0.15) is 11.5 Å². The number of aromatic carboxylic acids is 1. The number of carbonyl (C=O) groups is 2. The number of rotatable bonds is 5. The number of benzene rings is 1. The number of carbonyl (C=O) groups excluding carboxylic acids is 1. The number of aromatic nitrogens is 1. The molecule has 110 valence electrons. The van der Waals surface area contributed by atoms with Crippen molar-refractivity contribution in [3.05, 3.63) is 53.1 Å². The van der Waals surface area contributed by atoms with Crippen LogP contribution in [-0.4, -0.2) is 29.1 Å². The van der Waals surface area contributed by atoms with Crippen LogP contribution in [0, 0.1) is 5.82 Å². The van der Waals surface area contributed by atoms with E-state index in [0.29, 0.717) is 5.69 Å². The highest BCUT2D eigenvalue weighted by Gasteiger charge is 2.10. The van der Waals surface area contributed by atoms with Crippen LogP contribution in [-0.2, 0) is 11.3 Å².